The van der Waals surface area contributed by atoms with Crippen LogP contribution in [-0.4, -0.2) is 35.0 Å². The molecule has 1 aliphatic rings. The molecule has 1 aromatic carbocycles. The molecule has 0 spiro atoms. The Kier molecular flexibility index (Phi) is 9.52. The van der Waals surface area contributed by atoms with Gasteiger partial charge in [0.05, 0.1) is 18.4 Å². The van der Waals surface area contributed by atoms with Gasteiger partial charge < -0.3 is 14.4 Å². The van der Waals surface area contributed by atoms with Crippen molar-refractivity contribution in [3.05, 3.63) is 83.6 Å². The van der Waals surface area contributed by atoms with Gasteiger partial charge in [0.1, 0.15) is 5.56 Å². The van der Waals surface area contributed by atoms with E-state index in [0.717, 1.165) is 44.3 Å². The Labute approximate surface area is 247 Å². The lowest BCUT2D eigenvalue weighted by molar-refractivity contribution is -0.139. The van der Waals surface area contributed by atoms with Crippen LogP contribution in [0.25, 0.3) is 5.57 Å². The lowest BCUT2D eigenvalue weighted by atomic mass is 9.82. The van der Waals surface area contributed by atoms with Crippen molar-refractivity contribution in [1.82, 2.24) is 9.97 Å². The molecule has 228 valence electrons. The molecule has 1 aliphatic carbocycles. The van der Waals surface area contributed by atoms with Crippen LogP contribution < -0.4 is 9.64 Å². The number of aromatic nitrogens is 2. The number of rotatable bonds is 8. The summed E-state index contributed by atoms with van der Waals surface area (Å²) < 4.78 is 68.2. The zero-order valence-electron chi connectivity index (χ0n) is 24.4. The zero-order chi connectivity index (χ0) is 31.5. The average molecular weight is 600 g/mol. The maximum absolute atomic E-state index is 15.6. The summed E-state index contributed by atoms with van der Waals surface area (Å²) >= 11 is 0. The summed E-state index contributed by atoms with van der Waals surface area (Å²) in [6.07, 6.45) is 2.23. The fourth-order valence-corrected chi connectivity index (χ4v) is 5.16. The Morgan fingerprint density at radius 1 is 1.07 bits per heavy atom. The quantitative estimate of drug-likeness (QED) is 0.194. The monoisotopic (exact) mass is 599 g/mol. The molecule has 1 saturated carbocycles. The first-order valence-electron chi connectivity index (χ1n) is 13.9. The predicted molar refractivity (Wildman–Crippen MR) is 153 cm³/mol. The molecular formula is C32H33F4N3O4. The van der Waals surface area contributed by atoms with Gasteiger partial charge in [0, 0.05) is 53.8 Å². The summed E-state index contributed by atoms with van der Waals surface area (Å²) in [7, 11) is 1.11. The van der Waals surface area contributed by atoms with Crippen molar-refractivity contribution in [3.8, 4) is 11.6 Å². The van der Waals surface area contributed by atoms with Crippen LogP contribution in [0.5, 0.6) is 11.6 Å². The van der Waals surface area contributed by atoms with E-state index < -0.39 is 41.2 Å². The number of esters is 1. The van der Waals surface area contributed by atoms with Crippen molar-refractivity contribution in [2.45, 2.75) is 58.7 Å². The molecule has 0 bridgehead atoms. The van der Waals surface area contributed by atoms with Crippen LogP contribution in [0.15, 0.2) is 55.5 Å². The Hall–Kier alpha value is -4.28. The molecule has 2 aromatic heterocycles. The first-order valence-corrected chi connectivity index (χ1v) is 13.9. The van der Waals surface area contributed by atoms with Gasteiger partial charge in [-0.1, -0.05) is 19.6 Å². The minimum Gasteiger partial charge on any atom is -0.465 e. The number of benzene rings is 1. The summed E-state index contributed by atoms with van der Waals surface area (Å²) in [6, 6.07) is 5.45. The Morgan fingerprint density at radius 3 is 2.35 bits per heavy atom. The first kappa shape index (κ1) is 31.7. The second-order valence-electron chi connectivity index (χ2n) is 10.9. The van der Waals surface area contributed by atoms with Crippen LogP contribution in [-0.2, 0) is 15.7 Å². The van der Waals surface area contributed by atoms with Crippen LogP contribution in [0, 0.1) is 17.7 Å². The molecular weight excluding hydrogens is 566 g/mol. The molecule has 0 N–H and O–H groups in total. The largest absolute Gasteiger partial charge is 0.465 e. The minimum atomic E-state index is -4.92. The van der Waals surface area contributed by atoms with E-state index in [1.54, 1.807) is 26.0 Å². The number of anilines is 1. The molecule has 0 radical (unpaired) electrons. The second kappa shape index (κ2) is 12.9. The van der Waals surface area contributed by atoms with Crippen molar-refractivity contribution >= 4 is 23.1 Å². The van der Waals surface area contributed by atoms with Gasteiger partial charge in [-0.15, -0.1) is 0 Å². The second-order valence-corrected chi connectivity index (χ2v) is 10.9. The summed E-state index contributed by atoms with van der Waals surface area (Å²) in [5, 5.41) is 0. The van der Waals surface area contributed by atoms with E-state index >= 15 is 4.39 Å². The third-order valence-corrected chi connectivity index (χ3v) is 7.56. The SMILES string of the molecule is C=C(c1cccnc1)c1cnc(Oc2cc(C(=O)OC)c(N(C(=O)C3CCC(C)CC3)C(C)C)cc2F)c(C(F)(F)F)c1. The molecule has 0 unspecified atom stereocenters. The van der Waals surface area contributed by atoms with Crippen LogP contribution >= 0.6 is 0 Å². The van der Waals surface area contributed by atoms with Gasteiger partial charge >= 0.3 is 12.1 Å². The highest BCUT2D eigenvalue weighted by molar-refractivity contribution is 6.04. The van der Waals surface area contributed by atoms with E-state index in [1.807, 2.05) is 0 Å². The fourth-order valence-electron chi connectivity index (χ4n) is 5.16. The van der Waals surface area contributed by atoms with Gasteiger partial charge in [0.25, 0.3) is 0 Å². The van der Waals surface area contributed by atoms with Crippen molar-refractivity contribution in [2.24, 2.45) is 11.8 Å². The van der Waals surface area contributed by atoms with Crippen LogP contribution in [0.4, 0.5) is 23.2 Å². The number of carbonyl (C=O) groups is 2. The number of amides is 1. The number of carbonyl (C=O) groups excluding carboxylic acids is 2. The summed E-state index contributed by atoms with van der Waals surface area (Å²) in [5.74, 6) is -3.69. The third kappa shape index (κ3) is 7.03. The molecule has 0 aliphatic heterocycles. The number of nitrogens with zero attached hydrogens (tertiary/aromatic N) is 3. The maximum atomic E-state index is 15.6. The van der Waals surface area contributed by atoms with E-state index in [9.17, 15) is 22.8 Å². The molecule has 4 rings (SSSR count). The van der Waals surface area contributed by atoms with E-state index in [0.29, 0.717) is 24.3 Å². The summed E-state index contributed by atoms with van der Waals surface area (Å²) in [6.45, 7) is 9.42. The third-order valence-electron chi connectivity index (χ3n) is 7.56. The number of pyridine rings is 2. The molecule has 0 saturated heterocycles. The van der Waals surface area contributed by atoms with E-state index in [4.69, 9.17) is 9.47 Å². The molecule has 43 heavy (non-hydrogen) atoms. The highest BCUT2D eigenvalue weighted by Gasteiger charge is 2.37. The Balaban J connectivity index is 1.74. The number of hydrogen-bond donors (Lipinski definition) is 0. The van der Waals surface area contributed by atoms with Gasteiger partial charge in [-0.3, -0.25) is 9.78 Å². The number of ether oxygens (including phenoxy) is 2. The number of alkyl halides is 3. The summed E-state index contributed by atoms with van der Waals surface area (Å²) in [5.41, 5.74) is -0.775. The number of hydrogen-bond acceptors (Lipinski definition) is 6. The standard InChI is InChI=1S/C32H33F4N3O4/c1-18(2)39(30(40)21-10-8-19(3)9-11-21)27-15-26(33)28(14-24(27)31(41)42-5)43-29-25(32(34,35)36)13-23(17-38-29)20(4)22-7-6-12-37-16-22/h6-7,12-19,21H,4,8-11H2,1-3,5H3. The lowest BCUT2D eigenvalue weighted by Gasteiger charge is -2.34. The highest BCUT2D eigenvalue weighted by Crippen LogP contribution is 2.41. The Morgan fingerprint density at radius 2 is 1.77 bits per heavy atom. The minimum absolute atomic E-state index is 0.0533. The van der Waals surface area contributed by atoms with E-state index in [1.165, 1.54) is 17.3 Å². The fraction of sp³-hybridized carbons (Fsp3) is 0.375. The van der Waals surface area contributed by atoms with Crippen LogP contribution in [0.1, 0.15) is 73.5 Å². The molecule has 1 fully saturated rings. The average Bonchev–Trinajstić information content (AvgIpc) is 2.98. The molecule has 1 amide bonds. The first-order chi connectivity index (χ1) is 20.3. The highest BCUT2D eigenvalue weighted by atomic mass is 19.4. The van der Waals surface area contributed by atoms with Crippen LogP contribution in [0.2, 0.25) is 0 Å². The van der Waals surface area contributed by atoms with Crippen LogP contribution in [0.3, 0.4) is 0 Å². The Bertz CT molecular complexity index is 1500. The van der Waals surface area contributed by atoms with Crippen molar-refractivity contribution in [1.29, 1.82) is 0 Å². The van der Waals surface area contributed by atoms with Crippen molar-refractivity contribution < 1.29 is 36.6 Å². The van der Waals surface area contributed by atoms with Crippen molar-refractivity contribution in [3.63, 3.8) is 0 Å². The van der Waals surface area contributed by atoms with Gasteiger partial charge in [0.15, 0.2) is 11.6 Å². The molecule has 11 heteroatoms. The lowest BCUT2D eigenvalue weighted by Crippen LogP contribution is -2.43. The van der Waals surface area contributed by atoms with Gasteiger partial charge in [-0.2, -0.15) is 13.2 Å². The van der Waals surface area contributed by atoms with Gasteiger partial charge in [-0.25, -0.2) is 14.2 Å². The molecule has 3 aromatic rings. The number of methoxy groups -OCH3 is 1. The summed E-state index contributed by atoms with van der Waals surface area (Å²) in [4.78, 5) is 35.6. The van der Waals surface area contributed by atoms with E-state index in [2.05, 4.69) is 23.5 Å². The van der Waals surface area contributed by atoms with E-state index in [-0.39, 0.29) is 34.2 Å². The molecule has 2 heterocycles. The topological polar surface area (TPSA) is 81.6 Å². The molecule has 0 atom stereocenters. The normalized spacial score (nSPS) is 17.0. The zero-order valence-corrected chi connectivity index (χ0v) is 24.4. The smallest absolute Gasteiger partial charge is 0.421 e. The number of halogens is 4. The van der Waals surface area contributed by atoms with Gasteiger partial charge in [-0.05, 0) is 63.2 Å². The predicted octanol–water partition coefficient (Wildman–Crippen LogP) is 7.84. The van der Waals surface area contributed by atoms with Gasteiger partial charge in [0.2, 0.25) is 11.8 Å². The molecule has 7 nitrogen and oxygen atoms in total. The maximum Gasteiger partial charge on any atom is 0.421 e. The van der Waals surface area contributed by atoms with Crippen molar-refractivity contribution in [2.75, 3.05) is 12.0 Å².